The summed E-state index contributed by atoms with van der Waals surface area (Å²) in [7, 11) is 7.82. The number of carbonyl (C=O) groups excluding carboxylic acids is 6. The molecule has 70 heavy (non-hydrogen) atoms. The second kappa shape index (κ2) is 27.5. The Balaban J connectivity index is 1.67. The van der Waals surface area contributed by atoms with Gasteiger partial charge < -0.3 is 48.4 Å². The van der Waals surface area contributed by atoms with Crippen LogP contribution in [0.1, 0.15) is 151 Å². The fourth-order valence-electron chi connectivity index (χ4n) is 11.0. The number of rotatable bonds is 7. The minimum absolute atomic E-state index is 0.0629. The highest BCUT2D eigenvalue weighted by Crippen LogP contribution is 2.38. The standard InChI is InChI=1S/C54H88N2O14/c1-32-18-14-13-15-19-33(2)44(65-10)30-40-23-21-38(7)54(64,70-40)50(60)51(61)56-25-17-16-20-41(56)52(62)68-45(35(4)28-39-22-24-43(46(29-39)66-11)69-53(63)55(8)9)31-42(57)34(3)27-37(6)48(59)49(67-12)47(58)36(5)26-32/h19,27,32,34-36,38-41,43-46,48-49,59,64H,13-18,20-26,28-31H2,1-12H3/b33-19?,37-27+/t32-,34-,35-,36-,38-,39+,40+,41+,43-,44+,45+,46-,48-,49+,54-/m1/s1. The molecule has 0 aromatic rings. The molecule has 398 valence electrons. The number of cyclic esters (lactones) is 1. The number of ether oxygens (including phenoxy) is 6. The number of fused-ring (bicyclic) bond motifs is 3. The first-order valence-corrected chi connectivity index (χ1v) is 26.1. The summed E-state index contributed by atoms with van der Waals surface area (Å²) in [5.41, 5.74) is 1.39. The molecule has 1 saturated carbocycles. The zero-order valence-corrected chi connectivity index (χ0v) is 44.4. The summed E-state index contributed by atoms with van der Waals surface area (Å²) >= 11 is 0. The van der Waals surface area contributed by atoms with Gasteiger partial charge in [0.2, 0.25) is 5.79 Å². The highest BCUT2D eigenvalue weighted by atomic mass is 16.6. The van der Waals surface area contributed by atoms with Crippen molar-refractivity contribution in [2.24, 2.45) is 35.5 Å². The van der Waals surface area contributed by atoms with Gasteiger partial charge in [0.1, 0.15) is 36.2 Å². The van der Waals surface area contributed by atoms with Crippen LogP contribution in [0.15, 0.2) is 23.3 Å². The number of piperidine rings is 1. The molecule has 4 aliphatic rings. The summed E-state index contributed by atoms with van der Waals surface area (Å²) in [5.74, 6) is -7.73. The van der Waals surface area contributed by atoms with Crippen LogP contribution in [0, 0.1) is 35.5 Å². The Morgan fingerprint density at radius 1 is 0.857 bits per heavy atom. The normalized spacial score (nSPS) is 37.0. The molecule has 2 N–H and O–H groups in total. The van der Waals surface area contributed by atoms with Gasteiger partial charge in [0.05, 0.1) is 18.3 Å². The van der Waals surface area contributed by atoms with Crippen LogP contribution in [-0.2, 0) is 52.4 Å². The van der Waals surface area contributed by atoms with Crippen molar-refractivity contribution in [3.05, 3.63) is 23.3 Å². The maximum absolute atomic E-state index is 14.5. The number of aliphatic hydroxyl groups excluding tert-OH is 1. The molecule has 0 aromatic carbocycles. The third-order valence-electron chi connectivity index (χ3n) is 15.7. The maximum Gasteiger partial charge on any atom is 0.409 e. The van der Waals surface area contributed by atoms with Crippen molar-refractivity contribution in [2.45, 2.75) is 206 Å². The monoisotopic (exact) mass is 989 g/mol. The molecular weight excluding hydrogens is 901 g/mol. The third kappa shape index (κ3) is 15.7. The molecule has 0 unspecified atom stereocenters. The van der Waals surface area contributed by atoms with Gasteiger partial charge in [-0.3, -0.25) is 19.2 Å². The summed E-state index contributed by atoms with van der Waals surface area (Å²) in [6.07, 6.45) is 7.16. The molecule has 16 heteroatoms. The average molecular weight is 989 g/mol. The van der Waals surface area contributed by atoms with Gasteiger partial charge in [0.15, 0.2) is 5.78 Å². The topological polar surface area (TPSA) is 205 Å². The van der Waals surface area contributed by atoms with Gasteiger partial charge in [-0.15, -0.1) is 0 Å². The fourth-order valence-corrected chi connectivity index (χ4v) is 11.0. The van der Waals surface area contributed by atoms with Crippen molar-refractivity contribution in [2.75, 3.05) is 42.0 Å². The predicted octanol–water partition coefficient (Wildman–Crippen LogP) is 7.33. The van der Waals surface area contributed by atoms with E-state index in [-0.39, 0.29) is 66.8 Å². The van der Waals surface area contributed by atoms with Crippen molar-refractivity contribution < 1.29 is 67.4 Å². The first kappa shape index (κ1) is 59.0. The molecule has 3 aliphatic heterocycles. The van der Waals surface area contributed by atoms with Crippen LogP contribution in [0.5, 0.6) is 0 Å². The second-order valence-corrected chi connectivity index (χ2v) is 21.5. The minimum atomic E-state index is -2.42. The van der Waals surface area contributed by atoms with Crippen LogP contribution in [0.4, 0.5) is 4.79 Å². The van der Waals surface area contributed by atoms with E-state index in [1.54, 1.807) is 55.2 Å². The summed E-state index contributed by atoms with van der Waals surface area (Å²) in [6.45, 7) is 13.0. The quantitative estimate of drug-likeness (QED) is 0.146. The average Bonchev–Trinajstić information content (AvgIpc) is 3.33. The molecule has 2 saturated heterocycles. The molecule has 3 fully saturated rings. The van der Waals surface area contributed by atoms with Gasteiger partial charge in [-0.1, -0.05) is 59.6 Å². The number of allylic oxidation sites excluding steroid dienone is 2. The fraction of sp³-hybridized carbons (Fsp3) is 0.815. The molecule has 0 spiro atoms. The van der Waals surface area contributed by atoms with Crippen LogP contribution in [0.2, 0.25) is 0 Å². The minimum Gasteiger partial charge on any atom is -0.460 e. The highest BCUT2D eigenvalue weighted by Gasteiger charge is 2.53. The van der Waals surface area contributed by atoms with Crippen LogP contribution in [0.25, 0.3) is 0 Å². The SMILES string of the molecule is CO[C@H]1C[C@@H]2CC[C@@H](C)[C@@](O)(O2)C(=O)C(=O)N2CCCC[C@H]2C(=O)O[C@H]([C@H](C)C[C@@H]2CC[C@@H](OC(=O)N(C)C)[C@H](OC)C2)CC(=O)[C@H](C)/C=C(\C)[C@@H](O)[C@@H](OC)C(=O)[C@H](C)C[C@H](C)CCCCC=C1C. The third-order valence-corrected chi connectivity index (χ3v) is 15.7. The van der Waals surface area contributed by atoms with Gasteiger partial charge in [0.25, 0.3) is 11.7 Å². The molecule has 2 amide bonds. The molecule has 3 heterocycles. The number of hydrogen-bond acceptors (Lipinski definition) is 14. The smallest absolute Gasteiger partial charge is 0.409 e. The number of nitrogens with zero attached hydrogens (tertiary/aromatic N) is 2. The maximum atomic E-state index is 14.5. The van der Waals surface area contributed by atoms with Crippen molar-refractivity contribution in [1.82, 2.24) is 9.80 Å². The summed E-state index contributed by atoms with van der Waals surface area (Å²) in [4.78, 5) is 86.2. The number of esters is 1. The molecule has 1 aliphatic carbocycles. The van der Waals surface area contributed by atoms with Gasteiger partial charge in [-0.2, -0.15) is 0 Å². The summed E-state index contributed by atoms with van der Waals surface area (Å²) in [6, 6.07) is -1.15. The number of aliphatic hydroxyl groups is 2. The Morgan fingerprint density at radius 2 is 1.56 bits per heavy atom. The molecule has 2 bridgehead atoms. The molecule has 16 nitrogen and oxygen atoms in total. The Labute approximate surface area is 417 Å². The van der Waals surface area contributed by atoms with E-state index < -0.39 is 77.9 Å². The molecule has 0 aromatic heterocycles. The van der Waals surface area contributed by atoms with Gasteiger partial charge in [-0.25, -0.2) is 9.59 Å². The van der Waals surface area contributed by atoms with Crippen molar-refractivity contribution >= 4 is 35.3 Å². The van der Waals surface area contributed by atoms with Crippen LogP contribution in [0.3, 0.4) is 0 Å². The van der Waals surface area contributed by atoms with E-state index in [4.69, 9.17) is 28.4 Å². The molecule has 4 rings (SSSR count). The Hall–Kier alpha value is -3.54. The predicted molar refractivity (Wildman–Crippen MR) is 263 cm³/mol. The van der Waals surface area contributed by atoms with E-state index in [0.29, 0.717) is 69.8 Å². The Morgan fingerprint density at radius 3 is 2.21 bits per heavy atom. The highest BCUT2D eigenvalue weighted by molar-refractivity contribution is 6.39. The number of Topliss-reactive ketones (excluding diaryl/α,β-unsaturated/α-hetero) is 3. The summed E-state index contributed by atoms with van der Waals surface area (Å²) in [5, 5.41) is 23.5. The van der Waals surface area contributed by atoms with Crippen molar-refractivity contribution in [1.29, 1.82) is 0 Å². The van der Waals surface area contributed by atoms with E-state index >= 15 is 0 Å². The first-order chi connectivity index (χ1) is 33.1. The first-order valence-electron chi connectivity index (χ1n) is 26.1. The zero-order valence-electron chi connectivity index (χ0n) is 44.4. The molecule has 0 radical (unpaired) electrons. The lowest BCUT2D eigenvalue weighted by atomic mass is 9.78. The van der Waals surface area contributed by atoms with Crippen molar-refractivity contribution in [3.63, 3.8) is 0 Å². The number of hydrogen-bond donors (Lipinski definition) is 2. The molecular formula is C54H88N2O14. The van der Waals surface area contributed by atoms with Crippen LogP contribution in [-0.4, -0.2) is 152 Å². The molecule has 15 atom stereocenters. The van der Waals surface area contributed by atoms with Crippen molar-refractivity contribution in [3.8, 4) is 0 Å². The van der Waals surface area contributed by atoms with E-state index in [2.05, 4.69) is 13.0 Å². The number of carbonyl (C=O) groups is 6. The number of amides is 2. The van der Waals surface area contributed by atoms with Gasteiger partial charge >= 0.3 is 12.1 Å². The Bertz CT molecular complexity index is 1830. The van der Waals surface area contributed by atoms with Crippen LogP contribution >= 0.6 is 0 Å². The van der Waals surface area contributed by atoms with E-state index in [1.165, 1.54) is 16.9 Å². The lowest BCUT2D eigenvalue weighted by Crippen LogP contribution is -2.61. The van der Waals surface area contributed by atoms with E-state index in [1.807, 2.05) is 20.8 Å². The second-order valence-electron chi connectivity index (χ2n) is 21.5. The largest absolute Gasteiger partial charge is 0.460 e. The lowest BCUT2D eigenvalue weighted by molar-refractivity contribution is -0.265. The zero-order chi connectivity index (χ0) is 52.0. The van der Waals surface area contributed by atoms with Gasteiger partial charge in [-0.05, 0) is 120 Å². The Kier molecular flexibility index (Phi) is 23.2. The number of methoxy groups -OCH3 is 3. The summed E-state index contributed by atoms with van der Waals surface area (Å²) < 4.78 is 35.5. The van der Waals surface area contributed by atoms with E-state index in [9.17, 15) is 39.0 Å². The van der Waals surface area contributed by atoms with E-state index in [0.717, 1.165) is 31.3 Å². The number of ketones is 3. The van der Waals surface area contributed by atoms with Gasteiger partial charge in [0, 0.05) is 72.6 Å². The van der Waals surface area contributed by atoms with Crippen LogP contribution < -0.4 is 0 Å². The lowest BCUT2D eigenvalue weighted by Gasteiger charge is -2.42.